The van der Waals surface area contributed by atoms with Gasteiger partial charge in [-0.1, -0.05) is 12.8 Å². The highest BCUT2D eigenvalue weighted by atomic mass is 16.5. The van der Waals surface area contributed by atoms with Crippen molar-refractivity contribution in [3.8, 4) is 5.75 Å². The van der Waals surface area contributed by atoms with Crippen LogP contribution in [-0.2, 0) is 4.74 Å². The van der Waals surface area contributed by atoms with Crippen molar-refractivity contribution >= 4 is 16.9 Å². The smallest absolute Gasteiger partial charge is 0.341 e. The van der Waals surface area contributed by atoms with E-state index in [1.807, 2.05) is 12.3 Å². The summed E-state index contributed by atoms with van der Waals surface area (Å²) in [4.78, 5) is 12.0. The number of ether oxygens (including phenoxy) is 2. The van der Waals surface area contributed by atoms with Crippen LogP contribution in [0.25, 0.3) is 10.9 Å². The van der Waals surface area contributed by atoms with E-state index in [1.54, 1.807) is 7.11 Å². The third-order valence-corrected chi connectivity index (χ3v) is 4.12. The Morgan fingerprint density at radius 1 is 1.35 bits per heavy atom. The number of benzene rings is 1. The lowest BCUT2D eigenvalue weighted by Crippen LogP contribution is -2.07. The first-order valence-electron chi connectivity index (χ1n) is 6.89. The molecule has 0 aliphatic heterocycles. The first-order valence-corrected chi connectivity index (χ1v) is 6.89. The first-order chi connectivity index (χ1) is 9.76. The molecule has 1 aromatic heterocycles. The second kappa shape index (κ2) is 5.15. The van der Waals surface area contributed by atoms with Gasteiger partial charge in [0, 0.05) is 11.6 Å². The fourth-order valence-corrected chi connectivity index (χ4v) is 3.15. The van der Waals surface area contributed by atoms with E-state index < -0.39 is 0 Å². The minimum absolute atomic E-state index is 0.383. The average molecular weight is 274 g/mol. The monoisotopic (exact) mass is 274 g/mol. The topological polar surface area (TPSA) is 64.2 Å². The number of nitrogens with zero attached hydrogens (tertiary/aromatic N) is 1. The summed E-state index contributed by atoms with van der Waals surface area (Å²) in [5, 5.41) is 8.16. The van der Waals surface area contributed by atoms with Crippen LogP contribution in [0.5, 0.6) is 5.75 Å². The van der Waals surface area contributed by atoms with Crippen LogP contribution in [0, 0.1) is 0 Å². The van der Waals surface area contributed by atoms with E-state index in [0.29, 0.717) is 22.7 Å². The molecule has 20 heavy (non-hydrogen) atoms. The number of aromatic nitrogens is 2. The number of rotatable bonds is 3. The molecule has 5 heteroatoms. The van der Waals surface area contributed by atoms with Crippen molar-refractivity contribution in [2.24, 2.45) is 0 Å². The highest BCUT2D eigenvalue weighted by Gasteiger charge is 2.26. The maximum absolute atomic E-state index is 12.0. The van der Waals surface area contributed by atoms with Crippen molar-refractivity contribution in [2.45, 2.75) is 31.6 Å². The minimum atomic E-state index is -0.383. The van der Waals surface area contributed by atoms with Gasteiger partial charge in [0.05, 0.1) is 14.2 Å². The maximum Gasteiger partial charge on any atom is 0.341 e. The standard InChI is InChI=1S/C15H18N2O3/c1-19-14-11(15(18)20-2)7-10(9-5-3-4-6-9)12-8-16-17-13(12)14/h7-9H,3-6H2,1-2H3,(H,16,17). The molecule has 0 amide bonds. The summed E-state index contributed by atoms with van der Waals surface area (Å²) in [6, 6.07) is 1.92. The lowest BCUT2D eigenvalue weighted by atomic mass is 9.92. The van der Waals surface area contributed by atoms with Crippen molar-refractivity contribution in [2.75, 3.05) is 14.2 Å². The molecule has 0 unspecified atom stereocenters. The van der Waals surface area contributed by atoms with Gasteiger partial charge in [-0.3, -0.25) is 5.10 Å². The second-order valence-corrected chi connectivity index (χ2v) is 5.17. The van der Waals surface area contributed by atoms with Crippen molar-refractivity contribution in [1.29, 1.82) is 0 Å². The summed E-state index contributed by atoms with van der Waals surface area (Å²) in [6.07, 6.45) is 6.68. The maximum atomic E-state index is 12.0. The summed E-state index contributed by atoms with van der Waals surface area (Å²) in [5.41, 5.74) is 2.33. The molecule has 1 saturated carbocycles. The molecule has 1 N–H and O–H groups in total. The number of carbonyl (C=O) groups excluding carboxylic acids is 1. The van der Waals surface area contributed by atoms with E-state index >= 15 is 0 Å². The molecular weight excluding hydrogens is 256 g/mol. The highest BCUT2D eigenvalue weighted by Crippen LogP contribution is 2.41. The zero-order chi connectivity index (χ0) is 14.1. The largest absolute Gasteiger partial charge is 0.493 e. The number of aromatic amines is 1. The van der Waals surface area contributed by atoms with Crippen LogP contribution in [0.4, 0.5) is 0 Å². The number of fused-ring (bicyclic) bond motifs is 1. The van der Waals surface area contributed by atoms with Gasteiger partial charge in [-0.05, 0) is 30.4 Å². The van der Waals surface area contributed by atoms with Gasteiger partial charge in [0.15, 0.2) is 5.75 Å². The number of carbonyl (C=O) groups is 1. The summed E-state index contributed by atoms with van der Waals surface area (Å²) >= 11 is 0. The summed E-state index contributed by atoms with van der Waals surface area (Å²) in [5.74, 6) is 0.588. The summed E-state index contributed by atoms with van der Waals surface area (Å²) in [6.45, 7) is 0. The Morgan fingerprint density at radius 2 is 2.10 bits per heavy atom. The molecule has 1 heterocycles. The fourth-order valence-electron chi connectivity index (χ4n) is 3.15. The fraction of sp³-hybridized carbons (Fsp3) is 0.467. The Kier molecular flexibility index (Phi) is 3.34. The number of methoxy groups -OCH3 is 2. The molecule has 0 saturated heterocycles. The van der Waals surface area contributed by atoms with Crippen LogP contribution >= 0.6 is 0 Å². The number of esters is 1. The number of H-pyrrole nitrogens is 1. The zero-order valence-corrected chi connectivity index (χ0v) is 11.7. The van der Waals surface area contributed by atoms with Gasteiger partial charge in [0.1, 0.15) is 11.1 Å². The molecular formula is C15H18N2O3. The highest BCUT2D eigenvalue weighted by molar-refractivity contribution is 6.01. The molecule has 2 aromatic rings. The van der Waals surface area contributed by atoms with Crippen LogP contribution in [-0.4, -0.2) is 30.4 Å². The van der Waals surface area contributed by atoms with Crippen molar-refractivity contribution in [3.63, 3.8) is 0 Å². The number of hydrogen-bond acceptors (Lipinski definition) is 4. The molecule has 3 rings (SSSR count). The number of nitrogens with one attached hydrogen (secondary N) is 1. The van der Waals surface area contributed by atoms with E-state index in [9.17, 15) is 4.79 Å². The first kappa shape index (κ1) is 13.0. The summed E-state index contributed by atoms with van der Waals surface area (Å²) in [7, 11) is 2.93. The van der Waals surface area contributed by atoms with Crippen LogP contribution < -0.4 is 4.74 Å². The minimum Gasteiger partial charge on any atom is -0.493 e. The third-order valence-electron chi connectivity index (χ3n) is 4.12. The number of hydrogen-bond donors (Lipinski definition) is 1. The molecule has 0 radical (unpaired) electrons. The van der Waals surface area contributed by atoms with Gasteiger partial charge < -0.3 is 9.47 Å². The van der Waals surface area contributed by atoms with E-state index in [1.165, 1.54) is 25.5 Å². The molecule has 1 fully saturated rings. The molecule has 0 spiro atoms. The van der Waals surface area contributed by atoms with Crippen LogP contribution in [0.2, 0.25) is 0 Å². The van der Waals surface area contributed by atoms with Crippen LogP contribution in [0.15, 0.2) is 12.3 Å². The van der Waals surface area contributed by atoms with E-state index in [2.05, 4.69) is 10.2 Å². The predicted octanol–water partition coefficient (Wildman–Crippen LogP) is 3.02. The van der Waals surface area contributed by atoms with Crippen LogP contribution in [0.3, 0.4) is 0 Å². The van der Waals surface area contributed by atoms with Gasteiger partial charge in [0.2, 0.25) is 0 Å². The second-order valence-electron chi connectivity index (χ2n) is 5.17. The molecule has 1 aromatic carbocycles. The van der Waals surface area contributed by atoms with Gasteiger partial charge in [-0.25, -0.2) is 4.79 Å². The van der Waals surface area contributed by atoms with E-state index in [0.717, 1.165) is 18.2 Å². The normalized spacial score (nSPS) is 15.7. The lowest BCUT2D eigenvalue weighted by Gasteiger charge is -2.15. The Hall–Kier alpha value is -2.04. The Labute approximate surface area is 117 Å². The van der Waals surface area contributed by atoms with E-state index in [-0.39, 0.29) is 5.97 Å². The summed E-state index contributed by atoms with van der Waals surface area (Å²) < 4.78 is 10.2. The van der Waals surface area contributed by atoms with Gasteiger partial charge >= 0.3 is 5.97 Å². The van der Waals surface area contributed by atoms with Gasteiger partial charge in [0.25, 0.3) is 0 Å². The van der Waals surface area contributed by atoms with Crippen LogP contribution in [0.1, 0.15) is 47.5 Å². The average Bonchev–Trinajstić information content (AvgIpc) is 3.15. The van der Waals surface area contributed by atoms with Gasteiger partial charge in [-0.15, -0.1) is 0 Å². The lowest BCUT2D eigenvalue weighted by molar-refractivity contribution is 0.0597. The quantitative estimate of drug-likeness (QED) is 0.874. The predicted molar refractivity (Wildman–Crippen MR) is 75.2 cm³/mol. The van der Waals surface area contributed by atoms with E-state index in [4.69, 9.17) is 9.47 Å². The van der Waals surface area contributed by atoms with Crippen molar-refractivity contribution < 1.29 is 14.3 Å². The third kappa shape index (κ3) is 1.94. The van der Waals surface area contributed by atoms with Crippen molar-refractivity contribution in [3.05, 3.63) is 23.4 Å². The SMILES string of the molecule is COC(=O)c1cc(C2CCCC2)c2c[nH]nc2c1OC. The molecule has 0 bridgehead atoms. The Morgan fingerprint density at radius 3 is 2.75 bits per heavy atom. The Balaban J connectivity index is 2.23. The molecule has 1 aliphatic rings. The zero-order valence-electron chi connectivity index (χ0n) is 11.7. The van der Waals surface area contributed by atoms with Gasteiger partial charge in [-0.2, -0.15) is 5.10 Å². The molecule has 5 nitrogen and oxygen atoms in total. The molecule has 0 atom stereocenters. The Bertz CT molecular complexity index is 642. The van der Waals surface area contributed by atoms with Crippen molar-refractivity contribution in [1.82, 2.24) is 10.2 Å². The molecule has 1 aliphatic carbocycles. The molecule has 106 valence electrons.